The Morgan fingerprint density at radius 3 is 2.76 bits per heavy atom. The summed E-state index contributed by atoms with van der Waals surface area (Å²) in [5, 5.41) is 8.76. The van der Waals surface area contributed by atoms with Gasteiger partial charge in [-0.05, 0) is 30.9 Å². The zero-order valence-electron chi connectivity index (χ0n) is 13.3. The predicted octanol–water partition coefficient (Wildman–Crippen LogP) is 4.69. The van der Waals surface area contributed by atoms with Crippen molar-refractivity contribution < 1.29 is 14.6 Å². The van der Waals surface area contributed by atoms with Crippen LogP contribution in [-0.4, -0.2) is 17.7 Å². The molecule has 0 bridgehead atoms. The van der Waals surface area contributed by atoms with E-state index in [4.69, 9.17) is 9.84 Å². The van der Waals surface area contributed by atoms with Crippen molar-refractivity contribution in [2.75, 3.05) is 6.61 Å². The van der Waals surface area contributed by atoms with Gasteiger partial charge in [0.2, 0.25) is 0 Å². The third-order valence-electron chi connectivity index (χ3n) is 3.65. The lowest BCUT2D eigenvalue weighted by Gasteiger charge is -2.18. The fraction of sp³-hybridized carbons (Fsp3) is 0.500. The van der Waals surface area contributed by atoms with Gasteiger partial charge in [-0.3, -0.25) is 0 Å². The van der Waals surface area contributed by atoms with Gasteiger partial charge in [-0.25, -0.2) is 4.79 Å². The summed E-state index contributed by atoms with van der Waals surface area (Å²) < 4.78 is 6.01. The minimum absolute atomic E-state index is 0.556. The zero-order valence-corrected chi connectivity index (χ0v) is 13.3. The van der Waals surface area contributed by atoms with E-state index in [0.717, 1.165) is 29.4 Å². The summed E-state index contributed by atoms with van der Waals surface area (Å²) in [6.07, 6.45) is 7.45. The minimum atomic E-state index is -0.947. The topological polar surface area (TPSA) is 46.5 Å². The molecule has 0 spiro atoms. The zero-order chi connectivity index (χ0) is 15.7. The van der Waals surface area contributed by atoms with Crippen LogP contribution in [0.3, 0.4) is 0 Å². The third-order valence-corrected chi connectivity index (χ3v) is 3.65. The van der Waals surface area contributed by atoms with Crippen LogP contribution >= 0.6 is 0 Å². The molecule has 0 aliphatic rings. The highest BCUT2D eigenvalue weighted by molar-refractivity contribution is 5.86. The molecule has 0 aromatic heterocycles. The maximum Gasteiger partial charge on any atom is 0.328 e. The minimum Gasteiger partial charge on any atom is -0.492 e. The van der Waals surface area contributed by atoms with E-state index in [-0.39, 0.29) is 0 Å². The van der Waals surface area contributed by atoms with Gasteiger partial charge in [0.25, 0.3) is 0 Å². The summed E-state index contributed by atoms with van der Waals surface area (Å²) >= 11 is 0. The SMILES string of the molecule is CCCCC(CC)COc1c(C)cccc1/C=C/C(=O)O. The van der Waals surface area contributed by atoms with E-state index in [1.54, 1.807) is 6.08 Å². The van der Waals surface area contributed by atoms with Crippen LogP contribution in [-0.2, 0) is 4.79 Å². The first kappa shape index (κ1) is 17.3. The highest BCUT2D eigenvalue weighted by Crippen LogP contribution is 2.26. The number of aryl methyl sites for hydroxylation is 1. The van der Waals surface area contributed by atoms with Crippen molar-refractivity contribution in [2.45, 2.75) is 46.5 Å². The number of para-hydroxylation sites is 1. The van der Waals surface area contributed by atoms with Crippen LogP contribution in [0.4, 0.5) is 0 Å². The molecule has 116 valence electrons. The van der Waals surface area contributed by atoms with Gasteiger partial charge >= 0.3 is 5.97 Å². The van der Waals surface area contributed by atoms with E-state index >= 15 is 0 Å². The van der Waals surface area contributed by atoms with E-state index < -0.39 is 5.97 Å². The molecule has 0 saturated heterocycles. The lowest BCUT2D eigenvalue weighted by atomic mass is 10.0. The fourth-order valence-electron chi connectivity index (χ4n) is 2.26. The predicted molar refractivity (Wildman–Crippen MR) is 86.6 cm³/mol. The van der Waals surface area contributed by atoms with E-state index in [0.29, 0.717) is 12.5 Å². The Morgan fingerprint density at radius 1 is 1.38 bits per heavy atom. The second-order valence-corrected chi connectivity index (χ2v) is 5.39. The van der Waals surface area contributed by atoms with E-state index in [9.17, 15) is 4.79 Å². The van der Waals surface area contributed by atoms with Crippen LogP contribution in [0.1, 0.15) is 50.7 Å². The van der Waals surface area contributed by atoms with Gasteiger partial charge in [0.05, 0.1) is 6.61 Å². The summed E-state index contributed by atoms with van der Waals surface area (Å²) in [7, 11) is 0. The average molecular weight is 290 g/mol. The second-order valence-electron chi connectivity index (χ2n) is 5.39. The molecule has 1 N–H and O–H groups in total. The molecule has 0 heterocycles. The Kier molecular flexibility index (Phi) is 7.59. The summed E-state index contributed by atoms with van der Waals surface area (Å²) in [4.78, 5) is 10.7. The number of ether oxygens (including phenoxy) is 1. The maximum absolute atomic E-state index is 10.7. The summed E-state index contributed by atoms with van der Waals surface area (Å²) in [6.45, 7) is 7.06. The van der Waals surface area contributed by atoms with Crippen LogP contribution < -0.4 is 4.74 Å². The van der Waals surface area contributed by atoms with Crippen LogP contribution in [0.5, 0.6) is 5.75 Å². The molecule has 1 rings (SSSR count). The Morgan fingerprint density at radius 2 is 2.14 bits per heavy atom. The first-order valence-electron chi connectivity index (χ1n) is 7.71. The fourth-order valence-corrected chi connectivity index (χ4v) is 2.26. The number of carboxylic acids is 1. The molecule has 1 aromatic carbocycles. The molecule has 0 aliphatic heterocycles. The van der Waals surface area contributed by atoms with E-state index in [1.165, 1.54) is 19.3 Å². The molecule has 0 amide bonds. The summed E-state index contributed by atoms with van der Waals surface area (Å²) in [5.41, 5.74) is 1.86. The van der Waals surface area contributed by atoms with Crippen LogP contribution in [0, 0.1) is 12.8 Å². The smallest absolute Gasteiger partial charge is 0.328 e. The van der Waals surface area contributed by atoms with Gasteiger partial charge in [-0.1, -0.05) is 51.3 Å². The number of carbonyl (C=O) groups is 1. The van der Waals surface area contributed by atoms with Crippen molar-refractivity contribution in [3.63, 3.8) is 0 Å². The standard InChI is InChI=1S/C18H26O3/c1-4-6-9-15(5-2)13-21-18-14(3)8-7-10-16(18)11-12-17(19)20/h7-8,10-12,15H,4-6,9,13H2,1-3H3,(H,19,20)/b12-11+. The van der Waals surface area contributed by atoms with E-state index in [2.05, 4.69) is 13.8 Å². The normalized spacial score (nSPS) is 12.5. The molecular weight excluding hydrogens is 264 g/mol. The van der Waals surface area contributed by atoms with Crippen molar-refractivity contribution in [1.82, 2.24) is 0 Å². The first-order chi connectivity index (χ1) is 10.1. The first-order valence-corrected chi connectivity index (χ1v) is 7.71. The molecule has 21 heavy (non-hydrogen) atoms. The monoisotopic (exact) mass is 290 g/mol. The number of hydrogen-bond acceptors (Lipinski definition) is 2. The van der Waals surface area contributed by atoms with Crippen molar-refractivity contribution in [3.8, 4) is 5.75 Å². The number of aliphatic carboxylic acids is 1. The molecule has 0 fully saturated rings. The van der Waals surface area contributed by atoms with Crippen LogP contribution in [0.25, 0.3) is 6.08 Å². The summed E-state index contributed by atoms with van der Waals surface area (Å²) in [5.74, 6) is 0.405. The highest BCUT2D eigenvalue weighted by atomic mass is 16.5. The second kappa shape index (κ2) is 9.22. The molecule has 3 nitrogen and oxygen atoms in total. The molecule has 3 heteroatoms. The number of carboxylic acid groups (broad SMARTS) is 1. The molecule has 1 aromatic rings. The van der Waals surface area contributed by atoms with Crippen LogP contribution in [0.15, 0.2) is 24.3 Å². The Labute approximate surface area is 127 Å². The number of unbranched alkanes of at least 4 members (excludes halogenated alkanes) is 1. The van der Waals surface area contributed by atoms with E-state index in [1.807, 2.05) is 25.1 Å². The molecule has 1 atom stereocenters. The van der Waals surface area contributed by atoms with Gasteiger partial charge < -0.3 is 9.84 Å². The Hall–Kier alpha value is -1.77. The van der Waals surface area contributed by atoms with Crippen molar-refractivity contribution in [3.05, 3.63) is 35.4 Å². The van der Waals surface area contributed by atoms with Gasteiger partial charge in [-0.15, -0.1) is 0 Å². The molecule has 1 unspecified atom stereocenters. The van der Waals surface area contributed by atoms with Crippen molar-refractivity contribution >= 4 is 12.0 Å². The van der Waals surface area contributed by atoms with Gasteiger partial charge in [0, 0.05) is 11.6 Å². The van der Waals surface area contributed by atoms with Gasteiger partial charge in [0.15, 0.2) is 0 Å². The lowest BCUT2D eigenvalue weighted by molar-refractivity contribution is -0.131. The molecular formula is C18H26O3. The number of hydrogen-bond donors (Lipinski definition) is 1. The van der Waals surface area contributed by atoms with Crippen molar-refractivity contribution in [1.29, 1.82) is 0 Å². The maximum atomic E-state index is 10.7. The number of rotatable bonds is 9. The highest BCUT2D eigenvalue weighted by Gasteiger charge is 2.10. The quantitative estimate of drug-likeness (QED) is 0.671. The average Bonchev–Trinajstić information content (AvgIpc) is 2.46. The number of benzene rings is 1. The molecule has 0 radical (unpaired) electrons. The third kappa shape index (κ3) is 6.03. The van der Waals surface area contributed by atoms with Gasteiger partial charge in [-0.2, -0.15) is 0 Å². The van der Waals surface area contributed by atoms with Crippen LogP contribution in [0.2, 0.25) is 0 Å². The van der Waals surface area contributed by atoms with Crippen molar-refractivity contribution in [2.24, 2.45) is 5.92 Å². The molecule has 0 aliphatic carbocycles. The lowest BCUT2D eigenvalue weighted by Crippen LogP contribution is -2.12. The van der Waals surface area contributed by atoms with Gasteiger partial charge in [0.1, 0.15) is 5.75 Å². The summed E-state index contributed by atoms with van der Waals surface area (Å²) in [6, 6.07) is 5.79. The Bertz CT molecular complexity index is 477. The largest absolute Gasteiger partial charge is 0.492 e. The molecule has 0 saturated carbocycles. The Balaban J connectivity index is 2.79.